The zero-order valence-electron chi connectivity index (χ0n) is 12.7. The summed E-state index contributed by atoms with van der Waals surface area (Å²) >= 11 is 0. The molecule has 1 saturated heterocycles. The number of hydrogen-bond acceptors (Lipinski definition) is 2. The van der Waals surface area contributed by atoms with E-state index in [9.17, 15) is 9.59 Å². The molecular weight excluding hydrogens is 264 g/mol. The summed E-state index contributed by atoms with van der Waals surface area (Å²) in [7, 11) is 0. The quantitative estimate of drug-likeness (QED) is 0.904. The van der Waals surface area contributed by atoms with Crippen molar-refractivity contribution in [2.45, 2.75) is 39.2 Å². The minimum Gasteiger partial charge on any atom is -0.352 e. The van der Waals surface area contributed by atoms with Gasteiger partial charge in [0.05, 0.1) is 0 Å². The first-order valence-electron chi connectivity index (χ1n) is 7.80. The van der Waals surface area contributed by atoms with Gasteiger partial charge in [-0.3, -0.25) is 9.59 Å². The number of nitrogens with zero attached hydrogens (tertiary/aromatic N) is 1. The summed E-state index contributed by atoms with van der Waals surface area (Å²) in [5.74, 6) is 0.376. The largest absolute Gasteiger partial charge is 0.352 e. The fraction of sp³-hybridized carbons (Fsp3) is 0.529. The number of carbonyl (C=O) groups is 2. The monoisotopic (exact) mass is 288 g/mol. The Morgan fingerprint density at radius 2 is 1.86 bits per heavy atom. The van der Waals surface area contributed by atoms with Gasteiger partial charge in [-0.1, -0.05) is 37.3 Å². The number of hydrogen-bond donors (Lipinski definition) is 1. The maximum Gasteiger partial charge on any atom is 0.223 e. The van der Waals surface area contributed by atoms with Crippen LogP contribution in [0.3, 0.4) is 0 Å². The van der Waals surface area contributed by atoms with Crippen LogP contribution in [0.5, 0.6) is 0 Å². The van der Waals surface area contributed by atoms with Crippen LogP contribution in [0.15, 0.2) is 30.3 Å². The highest BCUT2D eigenvalue weighted by molar-refractivity contribution is 5.80. The van der Waals surface area contributed by atoms with Gasteiger partial charge in [0.1, 0.15) is 0 Å². The molecule has 0 aromatic heterocycles. The molecule has 0 radical (unpaired) electrons. The lowest BCUT2D eigenvalue weighted by Gasteiger charge is -2.31. The van der Waals surface area contributed by atoms with Gasteiger partial charge in [-0.05, 0) is 24.8 Å². The van der Waals surface area contributed by atoms with Gasteiger partial charge in [-0.25, -0.2) is 0 Å². The summed E-state index contributed by atoms with van der Waals surface area (Å²) in [6.07, 6.45) is 3.05. The molecule has 0 bridgehead atoms. The number of amides is 2. The summed E-state index contributed by atoms with van der Waals surface area (Å²) < 4.78 is 0. The molecule has 1 aliphatic rings. The van der Waals surface area contributed by atoms with Crippen molar-refractivity contribution in [3.63, 3.8) is 0 Å². The molecule has 0 unspecified atom stereocenters. The lowest BCUT2D eigenvalue weighted by molar-refractivity contribution is -0.135. The van der Waals surface area contributed by atoms with Crippen molar-refractivity contribution < 1.29 is 9.59 Å². The zero-order chi connectivity index (χ0) is 15.1. The first kappa shape index (κ1) is 15.5. The van der Waals surface area contributed by atoms with E-state index in [0.717, 1.165) is 24.8 Å². The van der Waals surface area contributed by atoms with Crippen LogP contribution in [0.1, 0.15) is 38.2 Å². The van der Waals surface area contributed by atoms with E-state index in [1.54, 1.807) is 0 Å². The van der Waals surface area contributed by atoms with Crippen LogP contribution in [0.25, 0.3) is 0 Å². The van der Waals surface area contributed by atoms with Crippen molar-refractivity contribution in [2.24, 2.45) is 5.92 Å². The van der Waals surface area contributed by atoms with Crippen LogP contribution in [-0.4, -0.2) is 29.8 Å². The zero-order valence-corrected chi connectivity index (χ0v) is 12.7. The van der Waals surface area contributed by atoms with Gasteiger partial charge in [0, 0.05) is 32.0 Å². The molecule has 2 amide bonds. The van der Waals surface area contributed by atoms with E-state index in [1.807, 2.05) is 42.2 Å². The van der Waals surface area contributed by atoms with Crippen LogP contribution in [0.4, 0.5) is 0 Å². The van der Waals surface area contributed by atoms with E-state index in [-0.39, 0.29) is 17.7 Å². The van der Waals surface area contributed by atoms with Crippen molar-refractivity contribution >= 4 is 11.8 Å². The summed E-state index contributed by atoms with van der Waals surface area (Å²) in [6, 6.07) is 9.92. The van der Waals surface area contributed by atoms with Gasteiger partial charge in [-0.2, -0.15) is 0 Å². The Bertz CT molecular complexity index is 465. The second kappa shape index (κ2) is 7.81. The Balaban J connectivity index is 1.74. The molecule has 1 N–H and O–H groups in total. The van der Waals surface area contributed by atoms with Crippen LogP contribution in [0.2, 0.25) is 0 Å². The average molecular weight is 288 g/mol. The van der Waals surface area contributed by atoms with Gasteiger partial charge >= 0.3 is 0 Å². The maximum absolute atomic E-state index is 12.2. The third-order valence-electron chi connectivity index (χ3n) is 3.99. The van der Waals surface area contributed by atoms with Crippen molar-refractivity contribution in [3.05, 3.63) is 35.9 Å². The van der Waals surface area contributed by atoms with Crippen molar-refractivity contribution in [2.75, 3.05) is 13.1 Å². The molecule has 4 heteroatoms. The van der Waals surface area contributed by atoms with Crippen LogP contribution >= 0.6 is 0 Å². The normalized spacial score (nSPS) is 15.8. The first-order valence-corrected chi connectivity index (χ1v) is 7.80. The molecule has 1 heterocycles. The van der Waals surface area contributed by atoms with Gasteiger partial charge in [0.15, 0.2) is 0 Å². The predicted molar refractivity (Wildman–Crippen MR) is 82.5 cm³/mol. The Hall–Kier alpha value is -1.84. The molecule has 1 aliphatic heterocycles. The fourth-order valence-corrected chi connectivity index (χ4v) is 2.69. The van der Waals surface area contributed by atoms with Crippen LogP contribution in [0, 0.1) is 5.92 Å². The summed E-state index contributed by atoms with van der Waals surface area (Å²) in [6.45, 7) is 4.01. The highest BCUT2D eigenvalue weighted by Gasteiger charge is 2.26. The molecular formula is C17H24N2O2. The molecule has 114 valence electrons. The molecule has 4 nitrogen and oxygen atoms in total. The molecule has 21 heavy (non-hydrogen) atoms. The Kier molecular flexibility index (Phi) is 5.78. The number of rotatable bonds is 5. The molecule has 1 aromatic rings. The van der Waals surface area contributed by atoms with Crippen LogP contribution in [-0.2, 0) is 16.1 Å². The maximum atomic E-state index is 12.2. The molecule has 2 rings (SSSR count). The molecule has 1 aromatic carbocycles. The number of benzene rings is 1. The van der Waals surface area contributed by atoms with Crippen molar-refractivity contribution in [1.82, 2.24) is 10.2 Å². The SMILES string of the molecule is CCCC(=O)N1CCC(C(=O)NCc2ccccc2)CC1. The summed E-state index contributed by atoms with van der Waals surface area (Å²) in [5, 5.41) is 3.00. The molecule has 0 saturated carbocycles. The number of likely N-dealkylation sites (tertiary alicyclic amines) is 1. The van der Waals surface area contributed by atoms with E-state index in [2.05, 4.69) is 5.32 Å². The van der Waals surface area contributed by atoms with E-state index in [1.165, 1.54) is 0 Å². The van der Waals surface area contributed by atoms with Gasteiger partial charge < -0.3 is 10.2 Å². The van der Waals surface area contributed by atoms with Crippen LogP contribution < -0.4 is 5.32 Å². The molecule has 0 atom stereocenters. The summed E-state index contributed by atoms with van der Waals surface area (Å²) in [5.41, 5.74) is 1.11. The number of piperidine rings is 1. The number of nitrogens with one attached hydrogen (secondary N) is 1. The lowest BCUT2D eigenvalue weighted by Crippen LogP contribution is -2.42. The topological polar surface area (TPSA) is 49.4 Å². The second-order valence-corrected chi connectivity index (χ2v) is 5.61. The third kappa shape index (κ3) is 4.59. The van der Waals surface area contributed by atoms with E-state index in [4.69, 9.17) is 0 Å². The molecule has 0 aliphatic carbocycles. The van der Waals surface area contributed by atoms with E-state index < -0.39 is 0 Å². The molecule has 1 fully saturated rings. The predicted octanol–water partition coefficient (Wildman–Crippen LogP) is 2.34. The highest BCUT2D eigenvalue weighted by atomic mass is 16.2. The lowest BCUT2D eigenvalue weighted by atomic mass is 9.95. The number of carbonyl (C=O) groups excluding carboxylic acids is 2. The van der Waals surface area contributed by atoms with E-state index in [0.29, 0.717) is 26.1 Å². The summed E-state index contributed by atoms with van der Waals surface area (Å²) in [4.78, 5) is 25.9. The Morgan fingerprint density at radius 1 is 1.19 bits per heavy atom. The smallest absolute Gasteiger partial charge is 0.223 e. The Morgan fingerprint density at radius 3 is 2.48 bits per heavy atom. The highest BCUT2D eigenvalue weighted by Crippen LogP contribution is 2.18. The minimum absolute atomic E-state index is 0.0411. The molecule has 0 spiro atoms. The minimum atomic E-state index is 0.0411. The van der Waals surface area contributed by atoms with Gasteiger partial charge in [0.25, 0.3) is 0 Å². The first-order chi connectivity index (χ1) is 10.2. The third-order valence-corrected chi connectivity index (χ3v) is 3.99. The Labute approximate surface area is 126 Å². The van der Waals surface area contributed by atoms with Crippen molar-refractivity contribution in [1.29, 1.82) is 0 Å². The standard InChI is InChI=1S/C17H24N2O2/c1-2-6-16(20)19-11-9-15(10-12-19)17(21)18-13-14-7-4-3-5-8-14/h3-5,7-8,15H,2,6,9-13H2,1H3,(H,18,21). The van der Waals surface area contributed by atoms with Crippen molar-refractivity contribution in [3.8, 4) is 0 Å². The average Bonchev–Trinajstić information content (AvgIpc) is 2.54. The van der Waals surface area contributed by atoms with E-state index >= 15 is 0 Å². The second-order valence-electron chi connectivity index (χ2n) is 5.61. The van der Waals surface area contributed by atoms with Gasteiger partial charge in [0.2, 0.25) is 11.8 Å². The van der Waals surface area contributed by atoms with Gasteiger partial charge in [-0.15, -0.1) is 0 Å². The fourth-order valence-electron chi connectivity index (χ4n) is 2.69.